The van der Waals surface area contributed by atoms with Crippen LogP contribution in [0.5, 0.6) is 0 Å². The van der Waals surface area contributed by atoms with Crippen molar-refractivity contribution in [1.29, 1.82) is 0 Å². The lowest BCUT2D eigenvalue weighted by Crippen LogP contribution is -2.52. The Kier molecular flexibility index (Phi) is 2.63. The predicted molar refractivity (Wildman–Crippen MR) is 67.8 cm³/mol. The van der Waals surface area contributed by atoms with Crippen LogP contribution in [-0.2, 0) is 4.79 Å². The van der Waals surface area contributed by atoms with E-state index < -0.39 is 5.97 Å². The first kappa shape index (κ1) is 12.9. The summed E-state index contributed by atoms with van der Waals surface area (Å²) in [6.45, 7) is 14.3. The van der Waals surface area contributed by atoms with Crippen molar-refractivity contribution in [3.8, 4) is 0 Å². The van der Waals surface area contributed by atoms with E-state index in [1.54, 1.807) is 0 Å². The molecule has 0 aromatic carbocycles. The number of nitrogens with zero attached hydrogens (tertiary/aromatic N) is 1. The summed E-state index contributed by atoms with van der Waals surface area (Å²) < 4.78 is 0. The van der Waals surface area contributed by atoms with Crippen LogP contribution < -0.4 is 0 Å². The van der Waals surface area contributed by atoms with Crippen molar-refractivity contribution in [2.45, 2.75) is 53.1 Å². The average Bonchev–Trinajstić information content (AvgIpc) is 2.62. The van der Waals surface area contributed by atoms with Crippen molar-refractivity contribution < 1.29 is 9.90 Å². The third-order valence-corrected chi connectivity index (χ3v) is 4.37. The normalized spacial score (nSPS) is 38.0. The quantitative estimate of drug-likeness (QED) is 0.764. The molecule has 0 amide bonds. The summed E-state index contributed by atoms with van der Waals surface area (Å²) in [7, 11) is 0. The highest BCUT2D eigenvalue weighted by Gasteiger charge is 2.67. The third kappa shape index (κ3) is 1.99. The van der Waals surface area contributed by atoms with Crippen molar-refractivity contribution in [3.63, 3.8) is 0 Å². The second-order valence-electron chi connectivity index (χ2n) is 7.74. The van der Waals surface area contributed by atoms with Gasteiger partial charge in [0.1, 0.15) is 0 Å². The van der Waals surface area contributed by atoms with Crippen molar-refractivity contribution >= 4 is 5.97 Å². The van der Waals surface area contributed by atoms with Gasteiger partial charge < -0.3 is 5.11 Å². The largest absolute Gasteiger partial charge is 0.481 e. The summed E-state index contributed by atoms with van der Waals surface area (Å²) in [6, 6.07) is 0.397. The standard InChI is InChI=1S/C14H25NO2/c1-13(2,3)11-9-8(10(9)12(16)17)7-15(11)14(4,5)6/h8-11H,7H2,1-6H3,(H,16,17)/t8-,9+,10+,11?/m1/s1. The molecule has 3 nitrogen and oxygen atoms in total. The van der Waals surface area contributed by atoms with E-state index in [9.17, 15) is 9.90 Å². The topological polar surface area (TPSA) is 40.5 Å². The number of carboxylic acid groups (broad SMARTS) is 1. The van der Waals surface area contributed by atoms with Gasteiger partial charge in [-0.3, -0.25) is 9.69 Å². The van der Waals surface area contributed by atoms with E-state index >= 15 is 0 Å². The molecular weight excluding hydrogens is 214 g/mol. The Morgan fingerprint density at radius 1 is 1.18 bits per heavy atom. The van der Waals surface area contributed by atoms with Gasteiger partial charge in [0.15, 0.2) is 0 Å². The number of carboxylic acids is 1. The monoisotopic (exact) mass is 239 g/mol. The molecule has 1 unspecified atom stereocenters. The third-order valence-electron chi connectivity index (χ3n) is 4.37. The molecule has 3 heteroatoms. The van der Waals surface area contributed by atoms with Gasteiger partial charge in [-0.25, -0.2) is 0 Å². The molecule has 17 heavy (non-hydrogen) atoms. The Labute approximate surface area is 104 Å². The average molecular weight is 239 g/mol. The van der Waals surface area contributed by atoms with Crippen LogP contribution in [0.15, 0.2) is 0 Å². The van der Waals surface area contributed by atoms with E-state index in [2.05, 4.69) is 46.4 Å². The van der Waals surface area contributed by atoms with E-state index in [1.165, 1.54) is 0 Å². The van der Waals surface area contributed by atoms with E-state index in [1.807, 2.05) is 0 Å². The summed E-state index contributed by atoms with van der Waals surface area (Å²) in [6.07, 6.45) is 0. The molecule has 1 aliphatic heterocycles. The van der Waals surface area contributed by atoms with Gasteiger partial charge in [-0.1, -0.05) is 20.8 Å². The summed E-state index contributed by atoms with van der Waals surface area (Å²) in [5.74, 6) is 0.0725. The molecule has 2 rings (SSSR count). The zero-order valence-electron chi connectivity index (χ0n) is 11.8. The molecule has 4 atom stereocenters. The first-order valence-corrected chi connectivity index (χ1v) is 6.54. The minimum Gasteiger partial charge on any atom is -0.481 e. The molecule has 2 fully saturated rings. The number of rotatable bonds is 1. The Bertz CT molecular complexity index is 337. The van der Waals surface area contributed by atoms with Crippen molar-refractivity contribution in [2.75, 3.05) is 6.54 Å². The molecule has 1 N–H and O–H groups in total. The minimum atomic E-state index is -0.595. The van der Waals surface area contributed by atoms with Gasteiger partial charge in [0.2, 0.25) is 0 Å². The zero-order valence-corrected chi connectivity index (χ0v) is 11.8. The molecular formula is C14H25NO2. The lowest BCUT2D eigenvalue weighted by molar-refractivity contribution is -0.140. The van der Waals surface area contributed by atoms with Crippen molar-refractivity contribution in [3.05, 3.63) is 0 Å². The van der Waals surface area contributed by atoms with Crippen LogP contribution in [0.2, 0.25) is 0 Å². The van der Waals surface area contributed by atoms with E-state index in [0.717, 1.165) is 6.54 Å². The molecule has 0 aromatic heterocycles. The number of aliphatic carboxylic acids is 1. The second-order valence-corrected chi connectivity index (χ2v) is 7.74. The van der Waals surface area contributed by atoms with E-state index in [4.69, 9.17) is 0 Å². The fourth-order valence-corrected chi connectivity index (χ4v) is 3.70. The highest BCUT2D eigenvalue weighted by atomic mass is 16.4. The van der Waals surface area contributed by atoms with Crippen LogP contribution in [0, 0.1) is 23.2 Å². The Balaban J connectivity index is 2.24. The van der Waals surface area contributed by atoms with Crippen LogP contribution >= 0.6 is 0 Å². The molecule has 2 aliphatic rings. The Hall–Kier alpha value is -0.570. The van der Waals surface area contributed by atoms with Gasteiger partial charge in [-0.2, -0.15) is 0 Å². The number of piperidine rings is 1. The number of hydrogen-bond donors (Lipinski definition) is 1. The fraction of sp³-hybridized carbons (Fsp3) is 0.929. The van der Waals surface area contributed by atoms with Crippen LogP contribution in [0.25, 0.3) is 0 Å². The van der Waals surface area contributed by atoms with E-state index in [-0.39, 0.29) is 16.9 Å². The molecule has 98 valence electrons. The van der Waals surface area contributed by atoms with Gasteiger partial charge in [-0.15, -0.1) is 0 Å². The predicted octanol–water partition coefficient (Wildman–Crippen LogP) is 2.46. The maximum atomic E-state index is 11.2. The SMILES string of the molecule is CC(C)(C)C1[C@H]2[C@@H](CN1C(C)(C)C)[C@@H]2C(=O)O. The molecule has 1 aliphatic carbocycles. The first-order valence-electron chi connectivity index (χ1n) is 6.54. The Morgan fingerprint density at radius 2 is 1.71 bits per heavy atom. The van der Waals surface area contributed by atoms with Crippen molar-refractivity contribution in [1.82, 2.24) is 4.90 Å². The molecule has 0 bridgehead atoms. The summed E-state index contributed by atoms with van der Waals surface area (Å²) >= 11 is 0. The van der Waals surface area contributed by atoms with Crippen LogP contribution in [0.4, 0.5) is 0 Å². The maximum absolute atomic E-state index is 11.2. The molecule has 1 saturated carbocycles. The van der Waals surface area contributed by atoms with Gasteiger partial charge in [0, 0.05) is 18.1 Å². The van der Waals surface area contributed by atoms with Gasteiger partial charge in [0.25, 0.3) is 0 Å². The zero-order chi connectivity index (χ0) is 13.2. The van der Waals surface area contributed by atoms with Crippen LogP contribution in [0.1, 0.15) is 41.5 Å². The van der Waals surface area contributed by atoms with Gasteiger partial charge >= 0.3 is 5.97 Å². The molecule has 1 heterocycles. The van der Waals surface area contributed by atoms with Crippen LogP contribution in [0.3, 0.4) is 0 Å². The maximum Gasteiger partial charge on any atom is 0.307 e. The number of hydrogen-bond acceptors (Lipinski definition) is 2. The first-order chi connectivity index (χ1) is 7.55. The van der Waals surface area contributed by atoms with Gasteiger partial charge in [-0.05, 0) is 38.0 Å². The van der Waals surface area contributed by atoms with E-state index in [0.29, 0.717) is 17.9 Å². The highest BCUT2D eigenvalue weighted by molar-refractivity contribution is 5.75. The molecule has 1 saturated heterocycles. The summed E-state index contributed by atoms with van der Waals surface area (Å²) in [4.78, 5) is 13.7. The lowest BCUT2D eigenvalue weighted by atomic mass is 9.81. The Morgan fingerprint density at radius 3 is 2.06 bits per heavy atom. The lowest BCUT2D eigenvalue weighted by Gasteiger charge is -2.45. The minimum absolute atomic E-state index is 0.0853. The fourth-order valence-electron chi connectivity index (χ4n) is 3.70. The highest BCUT2D eigenvalue weighted by Crippen LogP contribution is 2.60. The summed E-state index contributed by atoms with van der Waals surface area (Å²) in [5.41, 5.74) is 0.283. The smallest absolute Gasteiger partial charge is 0.307 e. The molecule has 0 aromatic rings. The van der Waals surface area contributed by atoms with Crippen molar-refractivity contribution in [2.24, 2.45) is 23.2 Å². The molecule has 0 radical (unpaired) electrons. The number of likely N-dealkylation sites (tertiary alicyclic amines) is 1. The number of fused-ring (bicyclic) bond motifs is 1. The van der Waals surface area contributed by atoms with Crippen LogP contribution in [-0.4, -0.2) is 34.1 Å². The van der Waals surface area contributed by atoms with Gasteiger partial charge in [0.05, 0.1) is 5.92 Å². The molecule has 0 spiro atoms. The number of carbonyl (C=O) groups is 1. The summed E-state index contributed by atoms with van der Waals surface area (Å²) in [5, 5.41) is 9.21. The second kappa shape index (κ2) is 3.47.